The molecule has 17 heavy (non-hydrogen) atoms. The van der Waals surface area contributed by atoms with Crippen molar-refractivity contribution in [2.45, 2.75) is 31.3 Å². The molecule has 0 radical (unpaired) electrons. The van der Waals surface area contributed by atoms with Crippen molar-refractivity contribution in [1.29, 1.82) is 0 Å². The van der Waals surface area contributed by atoms with Crippen molar-refractivity contribution < 1.29 is 9.50 Å². The maximum atomic E-state index is 13.9. The zero-order valence-corrected chi connectivity index (χ0v) is 10.3. The Hall–Kier alpha value is -0.640. The van der Waals surface area contributed by atoms with Crippen LogP contribution in [0.2, 0.25) is 5.02 Å². The zero-order chi connectivity index (χ0) is 12.4. The second-order valence-corrected chi connectivity index (χ2v) is 5.14. The fourth-order valence-corrected chi connectivity index (χ4v) is 2.34. The van der Waals surface area contributed by atoms with E-state index in [4.69, 9.17) is 17.3 Å². The van der Waals surface area contributed by atoms with Crippen LogP contribution in [0.5, 0.6) is 0 Å². The maximum Gasteiger partial charge on any atom is 0.145 e. The Morgan fingerprint density at radius 3 is 2.76 bits per heavy atom. The normalized spacial score (nSPS) is 19.1. The van der Waals surface area contributed by atoms with Crippen LogP contribution in [0.4, 0.5) is 4.39 Å². The highest BCUT2D eigenvalue weighted by molar-refractivity contribution is 6.30. The average molecular weight is 258 g/mol. The highest BCUT2D eigenvalue weighted by Gasteiger charge is 2.30. The minimum atomic E-state index is -0.583. The van der Waals surface area contributed by atoms with Gasteiger partial charge >= 0.3 is 0 Å². The number of aliphatic hydroxyl groups is 1. The molecule has 1 fully saturated rings. The van der Waals surface area contributed by atoms with E-state index in [1.54, 1.807) is 12.1 Å². The predicted molar refractivity (Wildman–Crippen MR) is 66.6 cm³/mol. The van der Waals surface area contributed by atoms with Gasteiger partial charge in [-0.2, -0.15) is 0 Å². The van der Waals surface area contributed by atoms with E-state index in [0.29, 0.717) is 17.9 Å². The van der Waals surface area contributed by atoms with Gasteiger partial charge in [-0.1, -0.05) is 36.6 Å². The van der Waals surface area contributed by atoms with Crippen LogP contribution in [0.15, 0.2) is 18.2 Å². The van der Waals surface area contributed by atoms with Crippen molar-refractivity contribution in [1.82, 2.24) is 0 Å². The fourth-order valence-electron chi connectivity index (χ4n) is 2.16. The number of aliphatic hydroxyl groups excluding tert-OH is 1. The molecule has 0 saturated heterocycles. The molecule has 0 aliphatic heterocycles. The molecule has 0 spiro atoms. The molecular weight excluding hydrogens is 241 g/mol. The lowest BCUT2D eigenvalue weighted by Crippen LogP contribution is -2.27. The zero-order valence-electron chi connectivity index (χ0n) is 9.57. The molecule has 0 aromatic heterocycles. The molecule has 1 aliphatic carbocycles. The average Bonchev–Trinajstić information content (AvgIpc) is 3.09. The van der Waals surface area contributed by atoms with Gasteiger partial charge in [-0.05, 0) is 24.0 Å². The van der Waals surface area contributed by atoms with Crippen LogP contribution in [-0.2, 0) is 0 Å². The van der Waals surface area contributed by atoms with E-state index in [0.717, 1.165) is 12.8 Å². The molecule has 0 heterocycles. The summed E-state index contributed by atoms with van der Waals surface area (Å²) in [6, 6.07) is 4.84. The first-order chi connectivity index (χ1) is 8.13. The van der Waals surface area contributed by atoms with Crippen LogP contribution in [0, 0.1) is 11.7 Å². The van der Waals surface area contributed by atoms with E-state index < -0.39 is 11.9 Å². The first-order valence-corrected chi connectivity index (χ1v) is 6.33. The number of hydrogen-bond donors (Lipinski definition) is 2. The molecule has 1 saturated carbocycles. The van der Waals surface area contributed by atoms with Gasteiger partial charge in [-0.3, -0.25) is 0 Å². The van der Waals surface area contributed by atoms with Crippen molar-refractivity contribution in [3.8, 4) is 0 Å². The van der Waals surface area contributed by atoms with Crippen LogP contribution in [0.1, 0.15) is 30.7 Å². The van der Waals surface area contributed by atoms with Gasteiger partial charge in [0.05, 0.1) is 11.1 Å². The Morgan fingerprint density at radius 1 is 1.47 bits per heavy atom. The quantitative estimate of drug-likeness (QED) is 0.852. The molecule has 1 aromatic rings. The molecular formula is C13H17ClFNO. The summed E-state index contributed by atoms with van der Waals surface area (Å²) in [7, 11) is 0. The minimum Gasteiger partial charge on any atom is -0.392 e. The Kier molecular flexibility index (Phi) is 4.02. The molecule has 2 nitrogen and oxygen atoms in total. The number of halogens is 2. The molecule has 4 heteroatoms. The summed E-state index contributed by atoms with van der Waals surface area (Å²) >= 11 is 5.74. The van der Waals surface area contributed by atoms with Crippen molar-refractivity contribution in [2.24, 2.45) is 11.7 Å². The molecule has 2 unspecified atom stereocenters. The summed E-state index contributed by atoms with van der Waals surface area (Å²) in [6.07, 6.45) is 2.44. The molecule has 1 aliphatic rings. The number of benzene rings is 1. The van der Waals surface area contributed by atoms with E-state index in [2.05, 4.69) is 0 Å². The SMILES string of the molecule is NCC(c1cccc(Cl)c1F)C(O)CC1CC1. The molecule has 1 aromatic carbocycles. The standard InChI is InChI=1S/C13H17ClFNO/c14-11-3-1-2-9(13(11)15)10(7-16)12(17)6-8-4-5-8/h1-3,8,10,12,17H,4-7,16H2. The van der Waals surface area contributed by atoms with Crippen molar-refractivity contribution in [2.75, 3.05) is 6.54 Å². The van der Waals surface area contributed by atoms with Gasteiger partial charge in [-0.25, -0.2) is 4.39 Å². The van der Waals surface area contributed by atoms with E-state index in [9.17, 15) is 9.50 Å². The Balaban J connectivity index is 2.17. The van der Waals surface area contributed by atoms with Crippen molar-refractivity contribution >= 4 is 11.6 Å². The topological polar surface area (TPSA) is 46.2 Å². The van der Waals surface area contributed by atoms with Crippen LogP contribution in [0.3, 0.4) is 0 Å². The van der Waals surface area contributed by atoms with Gasteiger partial charge in [0, 0.05) is 12.5 Å². The largest absolute Gasteiger partial charge is 0.392 e. The van der Waals surface area contributed by atoms with Gasteiger partial charge in [0.15, 0.2) is 0 Å². The molecule has 2 rings (SSSR count). The lowest BCUT2D eigenvalue weighted by molar-refractivity contribution is 0.128. The second-order valence-electron chi connectivity index (χ2n) is 4.73. The Morgan fingerprint density at radius 2 is 2.18 bits per heavy atom. The molecule has 2 atom stereocenters. The third kappa shape index (κ3) is 2.97. The highest BCUT2D eigenvalue weighted by atomic mass is 35.5. The van der Waals surface area contributed by atoms with Gasteiger partial charge in [0.2, 0.25) is 0 Å². The van der Waals surface area contributed by atoms with Gasteiger partial charge in [-0.15, -0.1) is 0 Å². The maximum absolute atomic E-state index is 13.9. The highest BCUT2D eigenvalue weighted by Crippen LogP contribution is 2.37. The molecule has 3 N–H and O–H groups in total. The molecule has 94 valence electrons. The van der Waals surface area contributed by atoms with Crippen LogP contribution in [0.25, 0.3) is 0 Å². The van der Waals surface area contributed by atoms with E-state index in [-0.39, 0.29) is 17.5 Å². The van der Waals surface area contributed by atoms with E-state index in [1.807, 2.05) is 0 Å². The van der Waals surface area contributed by atoms with Crippen molar-refractivity contribution in [3.63, 3.8) is 0 Å². The van der Waals surface area contributed by atoms with Gasteiger partial charge in [0.1, 0.15) is 5.82 Å². The lowest BCUT2D eigenvalue weighted by Gasteiger charge is -2.22. The summed E-state index contributed by atoms with van der Waals surface area (Å²) in [6.45, 7) is 0.227. The summed E-state index contributed by atoms with van der Waals surface area (Å²) in [4.78, 5) is 0. The minimum absolute atomic E-state index is 0.0829. The Bertz CT molecular complexity index is 395. The summed E-state index contributed by atoms with van der Waals surface area (Å²) < 4.78 is 13.9. The first-order valence-electron chi connectivity index (χ1n) is 5.95. The summed E-state index contributed by atoms with van der Waals surface area (Å²) in [5.41, 5.74) is 6.08. The molecule has 0 bridgehead atoms. The summed E-state index contributed by atoms with van der Waals surface area (Å²) in [5, 5.41) is 10.2. The van der Waals surface area contributed by atoms with Gasteiger partial charge in [0.25, 0.3) is 0 Å². The van der Waals surface area contributed by atoms with Crippen LogP contribution < -0.4 is 5.73 Å². The lowest BCUT2D eigenvalue weighted by atomic mass is 9.90. The molecule has 0 amide bonds. The number of rotatable bonds is 5. The summed E-state index contributed by atoms with van der Waals surface area (Å²) in [5.74, 6) is -0.241. The third-order valence-electron chi connectivity index (χ3n) is 3.37. The van der Waals surface area contributed by atoms with Crippen LogP contribution >= 0.6 is 11.6 Å². The van der Waals surface area contributed by atoms with E-state index >= 15 is 0 Å². The fraction of sp³-hybridized carbons (Fsp3) is 0.538. The number of hydrogen-bond acceptors (Lipinski definition) is 2. The van der Waals surface area contributed by atoms with Crippen molar-refractivity contribution in [3.05, 3.63) is 34.6 Å². The predicted octanol–water partition coefficient (Wildman–Crippen LogP) is 2.68. The monoisotopic (exact) mass is 257 g/mol. The van der Waals surface area contributed by atoms with Crippen LogP contribution in [-0.4, -0.2) is 17.8 Å². The second kappa shape index (κ2) is 5.34. The number of nitrogens with two attached hydrogens (primary N) is 1. The Labute approximate surface area is 106 Å². The smallest absolute Gasteiger partial charge is 0.145 e. The van der Waals surface area contributed by atoms with Gasteiger partial charge < -0.3 is 10.8 Å². The first kappa shape index (κ1) is 12.8. The van der Waals surface area contributed by atoms with E-state index in [1.165, 1.54) is 6.07 Å². The third-order valence-corrected chi connectivity index (χ3v) is 3.66.